The van der Waals surface area contributed by atoms with Crippen molar-refractivity contribution in [2.24, 2.45) is 0 Å². The summed E-state index contributed by atoms with van der Waals surface area (Å²) >= 11 is 1.95. The molecular formula is C11H22N2OS. The van der Waals surface area contributed by atoms with Crippen LogP contribution in [0.25, 0.3) is 0 Å². The van der Waals surface area contributed by atoms with E-state index in [1.165, 1.54) is 0 Å². The lowest BCUT2D eigenvalue weighted by atomic mass is 10.1. The van der Waals surface area contributed by atoms with Gasteiger partial charge in [-0.1, -0.05) is 6.92 Å². The first kappa shape index (κ1) is 12.8. The number of amides is 1. The molecule has 1 unspecified atom stereocenters. The van der Waals surface area contributed by atoms with Crippen molar-refractivity contribution in [1.82, 2.24) is 10.2 Å². The monoisotopic (exact) mass is 230 g/mol. The Hall–Kier alpha value is -0.220. The molecule has 1 heterocycles. The molecule has 1 amide bonds. The van der Waals surface area contributed by atoms with Gasteiger partial charge in [0.05, 0.1) is 6.54 Å². The van der Waals surface area contributed by atoms with Crippen LogP contribution in [0.2, 0.25) is 0 Å². The number of carbonyl (C=O) groups excluding carboxylic acids is 1. The molecule has 0 saturated carbocycles. The molecule has 1 N–H and O–H groups in total. The molecule has 88 valence electrons. The fourth-order valence-electron chi connectivity index (χ4n) is 1.50. The van der Waals surface area contributed by atoms with Crippen LogP contribution in [0.4, 0.5) is 0 Å². The lowest BCUT2D eigenvalue weighted by Gasteiger charge is -2.31. The van der Waals surface area contributed by atoms with Crippen molar-refractivity contribution in [3.05, 3.63) is 0 Å². The number of carbonyl (C=O) groups is 1. The van der Waals surface area contributed by atoms with Crippen molar-refractivity contribution >= 4 is 17.7 Å². The Kier molecular flexibility index (Phi) is 4.46. The first-order valence-electron chi connectivity index (χ1n) is 5.53. The van der Waals surface area contributed by atoms with Gasteiger partial charge in [-0.15, -0.1) is 0 Å². The van der Waals surface area contributed by atoms with E-state index >= 15 is 0 Å². The van der Waals surface area contributed by atoms with E-state index in [-0.39, 0.29) is 11.4 Å². The zero-order chi connectivity index (χ0) is 11.5. The Morgan fingerprint density at radius 2 is 2.20 bits per heavy atom. The first-order chi connectivity index (χ1) is 6.88. The van der Waals surface area contributed by atoms with Crippen LogP contribution >= 0.6 is 11.8 Å². The van der Waals surface area contributed by atoms with E-state index in [9.17, 15) is 4.79 Å². The maximum Gasteiger partial charge on any atom is 0.236 e. The minimum absolute atomic E-state index is 0.0197. The van der Waals surface area contributed by atoms with Crippen LogP contribution in [0.15, 0.2) is 0 Å². The maximum atomic E-state index is 11.8. The largest absolute Gasteiger partial charge is 0.340 e. The summed E-state index contributed by atoms with van der Waals surface area (Å²) in [6.07, 6.45) is 0. The molecule has 0 radical (unpaired) electrons. The highest BCUT2D eigenvalue weighted by Crippen LogP contribution is 2.17. The molecule has 4 heteroatoms. The molecule has 1 atom stereocenters. The fraction of sp³-hybridized carbons (Fsp3) is 0.909. The topological polar surface area (TPSA) is 32.3 Å². The standard InChI is InChI=1S/C11H22N2OS/c1-9-8-13(5-6-15-9)10(14)7-12-11(2,3)4/h9,12H,5-8H2,1-4H3. The molecule has 15 heavy (non-hydrogen) atoms. The second-order valence-corrected chi connectivity index (χ2v) is 6.67. The van der Waals surface area contributed by atoms with Crippen molar-refractivity contribution in [2.45, 2.75) is 38.5 Å². The summed E-state index contributed by atoms with van der Waals surface area (Å²) in [5, 5.41) is 3.82. The number of rotatable bonds is 2. The summed E-state index contributed by atoms with van der Waals surface area (Å²) in [5.41, 5.74) is 0.0197. The molecule has 3 nitrogen and oxygen atoms in total. The molecule has 1 rings (SSSR count). The minimum Gasteiger partial charge on any atom is -0.340 e. The van der Waals surface area contributed by atoms with Crippen molar-refractivity contribution in [2.75, 3.05) is 25.4 Å². The minimum atomic E-state index is 0.0197. The third-order valence-electron chi connectivity index (χ3n) is 2.36. The molecule has 1 aliphatic heterocycles. The number of thioether (sulfide) groups is 1. The fourth-order valence-corrected chi connectivity index (χ4v) is 2.51. The van der Waals surface area contributed by atoms with Gasteiger partial charge in [-0.3, -0.25) is 4.79 Å². The molecule has 0 spiro atoms. The van der Waals surface area contributed by atoms with Crippen LogP contribution in [-0.4, -0.2) is 47.0 Å². The average molecular weight is 230 g/mol. The molecule has 0 aromatic heterocycles. The Bertz CT molecular complexity index is 225. The summed E-state index contributed by atoms with van der Waals surface area (Å²) in [5.74, 6) is 1.31. The van der Waals surface area contributed by atoms with Crippen molar-refractivity contribution < 1.29 is 4.79 Å². The number of hydrogen-bond donors (Lipinski definition) is 1. The Morgan fingerprint density at radius 1 is 1.53 bits per heavy atom. The van der Waals surface area contributed by atoms with Gasteiger partial charge in [-0.25, -0.2) is 0 Å². The van der Waals surface area contributed by atoms with Gasteiger partial charge in [0.2, 0.25) is 5.91 Å². The zero-order valence-corrected chi connectivity index (χ0v) is 11.0. The van der Waals surface area contributed by atoms with E-state index in [4.69, 9.17) is 0 Å². The molecule has 0 aromatic carbocycles. The summed E-state index contributed by atoms with van der Waals surface area (Å²) in [6, 6.07) is 0. The van der Waals surface area contributed by atoms with Crippen molar-refractivity contribution in [3.8, 4) is 0 Å². The van der Waals surface area contributed by atoms with E-state index in [1.807, 2.05) is 16.7 Å². The third kappa shape index (κ3) is 4.89. The van der Waals surface area contributed by atoms with Gasteiger partial charge in [-0.2, -0.15) is 11.8 Å². The molecule has 0 bridgehead atoms. The molecular weight excluding hydrogens is 208 g/mol. The molecule has 0 aliphatic carbocycles. The predicted octanol–water partition coefficient (Wildman–Crippen LogP) is 1.34. The zero-order valence-electron chi connectivity index (χ0n) is 10.2. The first-order valence-corrected chi connectivity index (χ1v) is 6.58. The predicted molar refractivity (Wildman–Crippen MR) is 66.3 cm³/mol. The van der Waals surface area contributed by atoms with Crippen LogP contribution in [0, 0.1) is 0 Å². The highest BCUT2D eigenvalue weighted by atomic mass is 32.2. The summed E-state index contributed by atoms with van der Waals surface area (Å²) in [4.78, 5) is 13.8. The molecule has 1 aliphatic rings. The number of hydrogen-bond acceptors (Lipinski definition) is 3. The van der Waals surface area contributed by atoms with Gasteiger partial charge in [0.1, 0.15) is 0 Å². The normalized spacial score (nSPS) is 22.9. The SMILES string of the molecule is CC1CN(C(=O)CNC(C)(C)C)CCS1. The summed E-state index contributed by atoms with van der Waals surface area (Å²) in [6.45, 7) is 10.7. The van der Waals surface area contributed by atoms with Crippen molar-refractivity contribution in [3.63, 3.8) is 0 Å². The van der Waals surface area contributed by atoms with Crippen LogP contribution in [0.1, 0.15) is 27.7 Å². The van der Waals surface area contributed by atoms with E-state index in [0.717, 1.165) is 18.8 Å². The van der Waals surface area contributed by atoms with E-state index in [1.54, 1.807) is 0 Å². The number of nitrogens with one attached hydrogen (secondary N) is 1. The summed E-state index contributed by atoms with van der Waals surface area (Å²) in [7, 11) is 0. The van der Waals surface area contributed by atoms with Gasteiger partial charge in [-0.05, 0) is 20.8 Å². The van der Waals surface area contributed by atoms with Gasteiger partial charge >= 0.3 is 0 Å². The Morgan fingerprint density at radius 3 is 2.73 bits per heavy atom. The molecule has 1 fully saturated rings. The maximum absolute atomic E-state index is 11.8. The van der Waals surface area contributed by atoms with Gasteiger partial charge < -0.3 is 10.2 Å². The molecule has 0 aromatic rings. The van der Waals surface area contributed by atoms with E-state index in [0.29, 0.717) is 11.8 Å². The van der Waals surface area contributed by atoms with Crippen LogP contribution < -0.4 is 5.32 Å². The van der Waals surface area contributed by atoms with Gasteiger partial charge in [0.25, 0.3) is 0 Å². The van der Waals surface area contributed by atoms with Gasteiger partial charge in [0, 0.05) is 29.6 Å². The van der Waals surface area contributed by atoms with Crippen LogP contribution in [-0.2, 0) is 4.79 Å². The van der Waals surface area contributed by atoms with Crippen molar-refractivity contribution in [1.29, 1.82) is 0 Å². The lowest BCUT2D eigenvalue weighted by Crippen LogP contribution is -2.48. The van der Waals surface area contributed by atoms with E-state index in [2.05, 4.69) is 33.0 Å². The highest BCUT2D eigenvalue weighted by molar-refractivity contribution is 7.99. The summed E-state index contributed by atoms with van der Waals surface area (Å²) < 4.78 is 0. The molecule has 1 saturated heterocycles. The van der Waals surface area contributed by atoms with Crippen LogP contribution in [0.3, 0.4) is 0 Å². The quantitative estimate of drug-likeness (QED) is 0.777. The number of nitrogens with zero attached hydrogens (tertiary/aromatic N) is 1. The van der Waals surface area contributed by atoms with Gasteiger partial charge in [0.15, 0.2) is 0 Å². The average Bonchev–Trinajstić information content (AvgIpc) is 2.13. The van der Waals surface area contributed by atoms with E-state index < -0.39 is 0 Å². The Balaban J connectivity index is 2.33. The third-order valence-corrected chi connectivity index (χ3v) is 3.50. The lowest BCUT2D eigenvalue weighted by molar-refractivity contribution is -0.130. The highest BCUT2D eigenvalue weighted by Gasteiger charge is 2.22. The smallest absolute Gasteiger partial charge is 0.236 e. The second kappa shape index (κ2) is 5.21. The second-order valence-electron chi connectivity index (χ2n) is 5.12. The van der Waals surface area contributed by atoms with Crippen LogP contribution in [0.5, 0.6) is 0 Å². The Labute approximate surface area is 97.0 Å².